The molecule has 1 aliphatic carbocycles. The SMILES string of the molecule is CCC(CO)NCC1CCCC1. The predicted molar refractivity (Wildman–Crippen MR) is 51.1 cm³/mol. The third-order valence-electron chi connectivity index (χ3n) is 2.88. The van der Waals surface area contributed by atoms with Crippen LogP contribution in [-0.4, -0.2) is 24.3 Å². The smallest absolute Gasteiger partial charge is 0.0584 e. The monoisotopic (exact) mass is 171 g/mol. The largest absolute Gasteiger partial charge is 0.395 e. The maximum Gasteiger partial charge on any atom is 0.0584 e. The number of nitrogens with one attached hydrogen (secondary N) is 1. The standard InChI is InChI=1S/C10H21NO/c1-2-10(8-12)11-7-9-5-3-4-6-9/h9-12H,2-8H2,1H3. The van der Waals surface area contributed by atoms with Crippen molar-refractivity contribution in [1.82, 2.24) is 5.32 Å². The Morgan fingerprint density at radius 3 is 2.58 bits per heavy atom. The van der Waals surface area contributed by atoms with Gasteiger partial charge in [-0.3, -0.25) is 0 Å². The third-order valence-corrected chi connectivity index (χ3v) is 2.88. The zero-order valence-corrected chi connectivity index (χ0v) is 8.05. The van der Waals surface area contributed by atoms with Crippen LogP contribution in [0.2, 0.25) is 0 Å². The average Bonchev–Trinajstić information content (AvgIpc) is 2.59. The molecule has 1 rings (SSSR count). The second-order valence-electron chi connectivity index (χ2n) is 3.85. The minimum absolute atomic E-state index is 0.281. The van der Waals surface area contributed by atoms with Crippen LogP contribution in [0.5, 0.6) is 0 Å². The van der Waals surface area contributed by atoms with Crippen LogP contribution < -0.4 is 5.32 Å². The summed E-state index contributed by atoms with van der Waals surface area (Å²) in [6.45, 7) is 3.50. The molecule has 12 heavy (non-hydrogen) atoms. The van der Waals surface area contributed by atoms with Crippen molar-refractivity contribution in [1.29, 1.82) is 0 Å². The van der Waals surface area contributed by atoms with E-state index in [1.54, 1.807) is 0 Å². The minimum Gasteiger partial charge on any atom is -0.395 e. The lowest BCUT2D eigenvalue weighted by molar-refractivity contribution is 0.233. The minimum atomic E-state index is 0.281. The van der Waals surface area contributed by atoms with E-state index in [9.17, 15) is 0 Å². The lowest BCUT2D eigenvalue weighted by Crippen LogP contribution is -2.34. The van der Waals surface area contributed by atoms with E-state index >= 15 is 0 Å². The van der Waals surface area contributed by atoms with Crippen LogP contribution in [-0.2, 0) is 0 Å². The summed E-state index contributed by atoms with van der Waals surface area (Å²) < 4.78 is 0. The summed E-state index contributed by atoms with van der Waals surface area (Å²) in [5, 5.41) is 12.3. The first kappa shape index (κ1) is 10.0. The van der Waals surface area contributed by atoms with Gasteiger partial charge in [0.2, 0.25) is 0 Å². The molecule has 2 N–H and O–H groups in total. The summed E-state index contributed by atoms with van der Waals surface area (Å²) in [4.78, 5) is 0. The Morgan fingerprint density at radius 1 is 1.42 bits per heavy atom. The Hall–Kier alpha value is -0.0800. The number of hydrogen-bond acceptors (Lipinski definition) is 2. The first-order valence-electron chi connectivity index (χ1n) is 5.21. The Bertz CT molecular complexity index is 104. The van der Waals surface area contributed by atoms with Crippen molar-refractivity contribution >= 4 is 0 Å². The van der Waals surface area contributed by atoms with E-state index < -0.39 is 0 Å². The Labute approximate surface area is 75.4 Å². The molecule has 0 aromatic heterocycles. The van der Waals surface area contributed by atoms with E-state index in [4.69, 9.17) is 5.11 Å². The molecule has 1 aliphatic rings. The molecule has 0 aromatic carbocycles. The van der Waals surface area contributed by atoms with Crippen LogP contribution in [0.3, 0.4) is 0 Å². The van der Waals surface area contributed by atoms with Gasteiger partial charge in [-0.05, 0) is 31.7 Å². The van der Waals surface area contributed by atoms with Gasteiger partial charge in [0.05, 0.1) is 6.61 Å². The first-order valence-corrected chi connectivity index (χ1v) is 5.21. The molecule has 0 aliphatic heterocycles. The van der Waals surface area contributed by atoms with Crippen LogP contribution in [0.15, 0.2) is 0 Å². The predicted octanol–water partition coefficient (Wildman–Crippen LogP) is 1.54. The maximum absolute atomic E-state index is 8.94. The first-order chi connectivity index (χ1) is 5.86. The molecule has 1 unspecified atom stereocenters. The normalized spacial score (nSPS) is 21.5. The third kappa shape index (κ3) is 3.11. The van der Waals surface area contributed by atoms with Crippen LogP contribution in [0.1, 0.15) is 39.0 Å². The molecule has 1 atom stereocenters. The molecule has 0 amide bonds. The molecule has 2 heteroatoms. The fraction of sp³-hybridized carbons (Fsp3) is 1.00. The fourth-order valence-corrected chi connectivity index (χ4v) is 1.89. The van der Waals surface area contributed by atoms with Gasteiger partial charge in [-0.25, -0.2) is 0 Å². The van der Waals surface area contributed by atoms with E-state index in [-0.39, 0.29) is 6.61 Å². The van der Waals surface area contributed by atoms with Crippen LogP contribution in [0.25, 0.3) is 0 Å². The van der Waals surface area contributed by atoms with Gasteiger partial charge in [0, 0.05) is 6.04 Å². The van der Waals surface area contributed by atoms with E-state index in [1.807, 2.05) is 0 Å². The van der Waals surface area contributed by atoms with Gasteiger partial charge in [0.15, 0.2) is 0 Å². The van der Waals surface area contributed by atoms with Gasteiger partial charge in [-0.15, -0.1) is 0 Å². The number of aliphatic hydroxyl groups is 1. The topological polar surface area (TPSA) is 32.3 Å². The van der Waals surface area contributed by atoms with Gasteiger partial charge >= 0.3 is 0 Å². The molecule has 0 saturated heterocycles. The summed E-state index contributed by atoms with van der Waals surface area (Å²) in [5.41, 5.74) is 0. The Morgan fingerprint density at radius 2 is 2.08 bits per heavy atom. The fourth-order valence-electron chi connectivity index (χ4n) is 1.89. The lowest BCUT2D eigenvalue weighted by atomic mass is 10.1. The highest BCUT2D eigenvalue weighted by atomic mass is 16.3. The van der Waals surface area contributed by atoms with Crippen molar-refractivity contribution < 1.29 is 5.11 Å². The molecule has 0 radical (unpaired) electrons. The molecule has 1 fully saturated rings. The van der Waals surface area contributed by atoms with Gasteiger partial charge in [0.1, 0.15) is 0 Å². The second-order valence-corrected chi connectivity index (χ2v) is 3.85. The zero-order valence-electron chi connectivity index (χ0n) is 8.05. The molecule has 0 bridgehead atoms. The molecule has 0 aromatic rings. The molecular weight excluding hydrogens is 150 g/mol. The summed E-state index contributed by atoms with van der Waals surface area (Å²) in [6.07, 6.45) is 6.61. The number of hydrogen-bond donors (Lipinski definition) is 2. The molecule has 1 saturated carbocycles. The van der Waals surface area contributed by atoms with Crippen molar-refractivity contribution in [3.63, 3.8) is 0 Å². The molecule has 0 spiro atoms. The van der Waals surface area contributed by atoms with Crippen molar-refractivity contribution in [3.8, 4) is 0 Å². The average molecular weight is 171 g/mol. The van der Waals surface area contributed by atoms with E-state index in [0.717, 1.165) is 18.9 Å². The molecular formula is C10H21NO. The Kier molecular flexibility index (Phi) is 4.62. The second kappa shape index (κ2) is 5.55. The van der Waals surface area contributed by atoms with Crippen LogP contribution >= 0.6 is 0 Å². The summed E-state index contributed by atoms with van der Waals surface area (Å²) in [7, 11) is 0. The lowest BCUT2D eigenvalue weighted by Gasteiger charge is -2.16. The zero-order chi connectivity index (χ0) is 8.81. The van der Waals surface area contributed by atoms with Gasteiger partial charge in [-0.1, -0.05) is 19.8 Å². The van der Waals surface area contributed by atoms with Crippen molar-refractivity contribution in [2.45, 2.75) is 45.1 Å². The molecule has 0 heterocycles. The summed E-state index contributed by atoms with van der Waals surface area (Å²) >= 11 is 0. The van der Waals surface area contributed by atoms with Crippen molar-refractivity contribution in [2.24, 2.45) is 5.92 Å². The quantitative estimate of drug-likeness (QED) is 0.657. The van der Waals surface area contributed by atoms with Crippen molar-refractivity contribution in [2.75, 3.05) is 13.2 Å². The highest BCUT2D eigenvalue weighted by Crippen LogP contribution is 2.23. The highest BCUT2D eigenvalue weighted by molar-refractivity contribution is 4.72. The summed E-state index contributed by atoms with van der Waals surface area (Å²) in [6, 6.07) is 0.325. The van der Waals surface area contributed by atoms with E-state index in [0.29, 0.717) is 6.04 Å². The van der Waals surface area contributed by atoms with Crippen molar-refractivity contribution in [3.05, 3.63) is 0 Å². The van der Waals surface area contributed by atoms with E-state index in [1.165, 1.54) is 25.7 Å². The molecule has 72 valence electrons. The number of rotatable bonds is 5. The van der Waals surface area contributed by atoms with E-state index in [2.05, 4.69) is 12.2 Å². The number of aliphatic hydroxyl groups excluding tert-OH is 1. The maximum atomic E-state index is 8.94. The highest BCUT2D eigenvalue weighted by Gasteiger charge is 2.15. The van der Waals surface area contributed by atoms with Crippen LogP contribution in [0, 0.1) is 5.92 Å². The summed E-state index contributed by atoms with van der Waals surface area (Å²) in [5.74, 6) is 0.880. The van der Waals surface area contributed by atoms with Crippen LogP contribution in [0.4, 0.5) is 0 Å². The van der Waals surface area contributed by atoms with Gasteiger partial charge in [0.25, 0.3) is 0 Å². The van der Waals surface area contributed by atoms with Gasteiger partial charge < -0.3 is 10.4 Å². The van der Waals surface area contributed by atoms with Gasteiger partial charge in [-0.2, -0.15) is 0 Å². The molecule has 2 nitrogen and oxygen atoms in total. The Balaban J connectivity index is 2.06.